The zero-order valence-electron chi connectivity index (χ0n) is 33.1. The highest BCUT2D eigenvalue weighted by atomic mass is 29.3. The first-order valence-electron chi connectivity index (χ1n) is 19.4. The van der Waals surface area contributed by atoms with Crippen LogP contribution in [0.15, 0.2) is 97.3 Å². The summed E-state index contributed by atoms with van der Waals surface area (Å²) >= 11 is 0. The highest BCUT2D eigenvalue weighted by Crippen LogP contribution is 2.35. The summed E-state index contributed by atoms with van der Waals surface area (Å²) in [6.45, 7) is 25.2. The summed E-state index contributed by atoms with van der Waals surface area (Å²) in [5, 5.41) is 6.95. The van der Waals surface area contributed by atoms with Crippen molar-refractivity contribution in [1.29, 1.82) is 0 Å². The molecule has 0 saturated heterocycles. The minimum Gasteiger partial charge on any atom is -0.306 e. The van der Waals surface area contributed by atoms with Gasteiger partial charge in [-0.15, -0.1) is 0 Å². The molecular formula is C43H48N6Si5. The molecule has 18 bridgehead atoms. The van der Waals surface area contributed by atoms with Crippen LogP contribution in [0.5, 0.6) is 0 Å². The van der Waals surface area contributed by atoms with Crippen LogP contribution in [0.2, 0.25) is 65.5 Å². The average molecular weight is 789 g/mol. The first-order chi connectivity index (χ1) is 25.5. The van der Waals surface area contributed by atoms with Crippen LogP contribution < -0.4 is 26.5 Å². The maximum atomic E-state index is 5.66. The Morgan fingerprint density at radius 1 is 0.444 bits per heavy atom. The second-order valence-corrected chi connectivity index (χ2v) is 53.5. The van der Waals surface area contributed by atoms with E-state index in [9.17, 15) is 0 Å². The third kappa shape index (κ3) is 4.47. The molecule has 0 aliphatic carbocycles. The number of nitrogens with zero attached hydrogens (tertiary/aromatic N) is 6. The van der Waals surface area contributed by atoms with Crippen molar-refractivity contribution in [2.45, 2.75) is 71.5 Å². The van der Waals surface area contributed by atoms with Gasteiger partial charge in [-0.2, -0.15) is 0 Å². The molecule has 11 heteroatoms. The van der Waals surface area contributed by atoms with Crippen LogP contribution in [-0.4, -0.2) is 67.5 Å². The van der Waals surface area contributed by atoms with Gasteiger partial charge in [-0.05, 0) is 42.4 Å². The van der Waals surface area contributed by atoms with Gasteiger partial charge in [0.2, 0.25) is 0 Å². The van der Waals surface area contributed by atoms with Crippen LogP contribution in [0.25, 0.3) is 55.2 Å². The van der Waals surface area contributed by atoms with Crippen LogP contribution in [0.3, 0.4) is 0 Å². The van der Waals surface area contributed by atoms with Crippen LogP contribution in [-0.2, 0) is 6.04 Å². The molecule has 0 fully saturated rings. The summed E-state index contributed by atoms with van der Waals surface area (Å²) in [6, 6.07) is 34.6. The summed E-state index contributed by atoms with van der Waals surface area (Å²) in [4.78, 5) is 21.9. The summed E-state index contributed by atoms with van der Waals surface area (Å²) in [7, 11) is -10.6. The largest absolute Gasteiger partial charge is 0.306 e. The van der Waals surface area contributed by atoms with E-state index in [4.69, 9.17) is 19.9 Å². The Hall–Kier alpha value is -4.28. The van der Waals surface area contributed by atoms with E-state index >= 15 is 0 Å². The Bertz CT molecular complexity index is 2740. The first-order valence-corrected chi connectivity index (χ1v) is 36.6. The molecule has 4 aromatic heterocycles. The number of rotatable bonds is 0. The predicted octanol–water partition coefficient (Wildman–Crippen LogP) is 7.00. The van der Waals surface area contributed by atoms with Gasteiger partial charge in [0.15, 0.2) is 0 Å². The quantitative estimate of drug-likeness (QED) is 0.155. The van der Waals surface area contributed by atoms with E-state index in [2.05, 4.69) is 172 Å². The van der Waals surface area contributed by atoms with Crippen molar-refractivity contribution in [2.75, 3.05) is 0 Å². The van der Waals surface area contributed by atoms with Gasteiger partial charge in [-0.25, -0.2) is 19.9 Å². The first kappa shape index (κ1) is 34.2. The standard InChI is InChI=1S/C43H48N6Si5/c1-50(2)27-28-11-13-29(14-12-28)48-36-21-19-32-23-34(36)40-38(48)25-44-42(46-40)53(7,8)54(9,10)43-45-26-39-41(47-43)35-24-33(52(5,6)51(32,3)4)20-22-37(35)49(39)30-15-17-31(50)18-16-30/h11-26H,27H2,1-10H3. The highest BCUT2D eigenvalue weighted by molar-refractivity contribution is 7.50. The number of hydrogen-bond acceptors (Lipinski definition) is 4. The zero-order chi connectivity index (χ0) is 37.7. The van der Waals surface area contributed by atoms with E-state index in [1.807, 2.05) is 0 Å². The molecule has 0 N–H and O–H groups in total. The molecule has 0 saturated carbocycles. The van der Waals surface area contributed by atoms with Crippen LogP contribution >= 0.6 is 0 Å². The molecule has 8 aromatic rings. The predicted molar refractivity (Wildman–Crippen MR) is 242 cm³/mol. The Labute approximate surface area is 322 Å². The monoisotopic (exact) mass is 788 g/mol. The fourth-order valence-electron chi connectivity index (χ4n) is 9.23. The normalized spacial score (nSPS) is 18.9. The molecule has 0 amide bonds. The molecule has 4 aromatic carbocycles. The Morgan fingerprint density at radius 2 is 0.852 bits per heavy atom. The molecule has 0 radical (unpaired) electrons. The van der Waals surface area contributed by atoms with E-state index in [1.165, 1.54) is 48.6 Å². The Morgan fingerprint density at radius 3 is 1.30 bits per heavy atom. The van der Waals surface area contributed by atoms with Crippen LogP contribution in [0.1, 0.15) is 5.56 Å². The Kier molecular flexibility index (Phi) is 6.93. The lowest BCUT2D eigenvalue weighted by Gasteiger charge is -2.39. The lowest BCUT2D eigenvalue weighted by atomic mass is 10.2. The number of benzene rings is 4. The molecule has 0 atom stereocenters. The van der Waals surface area contributed by atoms with E-state index in [1.54, 1.807) is 0 Å². The third-order valence-electron chi connectivity index (χ3n) is 14.4. The van der Waals surface area contributed by atoms with E-state index in [0.29, 0.717) is 0 Å². The molecule has 15 aliphatic rings. The van der Waals surface area contributed by atoms with Gasteiger partial charge in [0, 0.05) is 22.1 Å². The average Bonchev–Trinajstić information content (AvgIpc) is 3.65. The molecule has 19 heterocycles. The molecule has 54 heavy (non-hydrogen) atoms. The number of hydrogen-bond donors (Lipinski definition) is 0. The lowest BCUT2D eigenvalue weighted by Crippen LogP contribution is -2.71. The topological polar surface area (TPSA) is 61.4 Å². The van der Waals surface area contributed by atoms with Gasteiger partial charge in [0.05, 0.1) is 68.8 Å². The minimum absolute atomic E-state index is 1.01. The minimum atomic E-state index is -2.32. The second-order valence-electron chi connectivity index (χ2n) is 18.8. The van der Waals surface area contributed by atoms with Crippen molar-refractivity contribution in [1.82, 2.24) is 29.1 Å². The fourth-order valence-corrected chi connectivity index (χ4v) is 27.2. The maximum Gasteiger partial charge on any atom is 0.130 e. The summed E-state index contributed by atoms with van der Waals surface area (Å²) < 4.78 is 4.83. The molecule has 15 aliphatic heterocycles. The summed E-state index contributed by atoms with van der Waals surface area (Å²) in [5.74, 6) is 0. The molecule has 0 unspecified atom stereocenters. The van der Waals surface area contributed by atoms with E-state index in [0.717, 1.165) is 44.7 Å². The van der Waals surface area contributed by atoms with Gasteiger partial charge in [0.1, 0.15) is 26.1 Å². The van der Waals surface area contributed by atoms with Crippen molar-refractivity contribution < 1.29 is 0 Å². The van der Waals surface area contributed by atoms with E-state index in [-0.39, 0.29) is 0 Å². The van der Waals surface area contributed by atoms with Gasteiger partial charge >= 0.3 is 0 Å². The maximum absolute atomic E-state index is 5.66. The van der Waals surface area contributed by atoms with Crippen molar-refractivity contribution >= 4 is 109 Å². The van der Waals surface area contributed by atoms with Crippen molar-refractivity contribution in [3.8, 4) is 11.4 Å². The molecule has 6 nitrogen and oxygen atoms in total. The molecule has 0 spiro atoms. The smallest absolute Gasteiger partial charge is 0.130 e. The summed E-state index contributed by atoms with van der Waals surface area (Å²) in [6.07, 6.45) is 4.25. The van der Waals surface area contributed by atoms with Gasteiger partial charge < -0.3 is 9.13 Å². The lowest BCUT2D eigenvalue weighted by molar-refractivity contribution is 1.15. The third-order valence-corrected chi connectivity index (χ3v) is 51.9. The fraction of sp³-hybridized carbons (Fsp3) is 0.256. The second kappa shape index (κ2) is 10.9. The molecular weight excluding hydrogens is 741 g/mol. The highest BCUT2D eigenvalue weighted by Gasteiger charge is 2.49. The van der Waals surface area contributed by atoms with Crippen LogP contribution in [0, 0.1) is 0 Å². The van der Waals surface area contributed by atoms with Gasteiger partial charge in [0.25, 0.3) is 0 Å². The molecule has 23 rings (SSSR count). The van der Waals surface area contributed by atoms with Crippen molar-refractivity contribution in [2.24, 2.45) is 0 Å². The van der Waals surface area contributed by atoms with E-state index < -0.39 is 38.4 Å². The Balaban J connectivity index is 1.40. The summed E-state index contributed by atoms with van der Waals surface area (Å²) in [5.41, 5.74) is 12.4. The van der Waals surface area contributed by atoms with Crippen LogP contribution in [0.4, 0.5) is 0 Å². The number of aromatic nitrogens is 6. The van der Waals surface area contributed by atoms with Crippen molar-refractivity contribution in [3.05, 3.63) is 103 Å². The van der Waals surface area contributed by atoms with Gasteiger partial charge in [-0.1, -0.05) is 135 Å². The SMILES string of the molecule is C[Si]1(C)Cc2ccc(cc2)-n2c3ccc4cc3c3nc(ncc32)[Si](C)(C)[Si](C)(C)c2ncc3c(n2)c2cc(ccc2n3-c2ccc1cc2)[Si](C)(C)[Si]4(C)C. The van der Waals surface area contributed by atoms with Gasteiger partial charge in [-0.3, -0.25) is 0 Å². The molecule has 270 valence electrons. The van der Waals surface area contributed by atoms with Crippen molar-refractivity contribution in [3.63, 3.8) is 0 Å². The zero-order valence-corrected chi connectivity index (χ0v) is 38.1.